The molecule has 1 aromatic heterocycles. The molecule has 3 atom stereocenters. The van der Waals surface area contributed by atoms with Crippen molar-refractivity contribution in [3.63, 3.8) is 0 Å². The average molecular weight is 689 g/mol. The molecular formula is C34H33F5N4O4S. The first-order chi connectivity index (χ1) is 22.9. The standard InChI is InChI=1S/C34H33F5N4O4S/c1-21-16-26(46-2)9-6-23(21)20-43(33-40-12-3-13-41-33)48(44,45)32-19-31-27(18-28(32)36)29(11-15-47-31)42-14-10-24(34(37,38)39)17-30(42)22-4-7-25(35)8-5-22/h3-9,12-13,16,18-19,24,29-30H,10-11,14-15,17,20H2,1-2H3/t24-,29-,30+/m1/s1. The fraction of sp³-hybridized carbons (Fsp3) is 0.353. The molecule has 1 fully saturated rings. The lowest BCUT2D eigenvalue weighted by molar-refractivity contribution is -0.192. The number of aryl methyl sites for hydroxylation is 1. The topological polar surface area (TPSA) is 84.9 Å². The molecule has 3 aromatic carbocycles. The van der Waals surface area contributed by atoms with Crippen molar-refractivity contribution < 1.29 is 39.8 Å². The Bertz CT molecular complexity index is 1880. The number of halogens is 5. The number of hydrogen-bond donors (Lipinski definition) is 0. The predicted octanol–water partition coefficient (Wildman–Crippen LogP) is 7.31. The number of piperidine rings is 1. The van der Waals surface area contributed by atoms with Crippen molar-refractivity contribution in [2.75, 3.05) is 24.6 Å². The number of aromatic nitrogens is 2. The first-order valence-electron chi connectivity index (χ1n) is 15.3. The summed E-state index contributed by atoms with van der Waals surface area (Å²) in [6.45, 7) is 1.74. The first kappa shape index (κ1) is 33.6. The maximum atomic E-state index is 16.2. The summed E-state index contributed by atoms with van der Waals surface area (Å²) in [5.41, 5.74) is 2.16. The van der Waals surface area contributed by atoms with Gasteiger partial charge < -0.3 is 9.47 Å². The largest absolute Gasteiger partial charge is 0.497 e. The third kappa shape index (κ3) is 6.68. The van der Waals surface area contributed by atoms with Crippen LogP contribution in [0.5, 0.6) is 11.5 Å². The SMILES string of the molecule is COc1ccc(CN(c2ncccn2)S(=O)(=O)c2cc3c(cc2F)[C@H](N2CC[C@@H](C(F)(F)F)C[C@H]2c2ccc(F)cc2)CCO3)c(C)c1. The first-order valence-corrected chi connectivity index (χ1v) is 16.8. The fourth-order valence-corrected chi connectivity index (χ4v) is 7.93. The molecule has 0 amide bonds. The van der Waals surface area contributed by atoms with Gasteiger partial charge in [0.25, 0.3) is 10.0 Å². The molecule has 0 radical (unpaired) electrons. The van der Waals surface area contributed by atoms with Crippen molar-refractivity contribution >= 4 is 16.0 Å². The summed E-state index contributed by atoms with van der Waals surface area (Å²) in [5, 5.41) is 0. The van der Waals surface area contributed by atoms with Gasteiger partial charge >= 0.3 is 6.18 Å². The molecule has 0 bridgehead atoms. The molecule has 0 saturated carbocycles. The van der Waals surface area contributed by atoms with Crippen LogP contribution in [0.15, 0.2) is 78.0 Å². The van der Waals surface area contributed by atoms with Gasteiger partial charge in [-0.05, 0) is 79.4 Å². The maximum Gasteiger partial charge on any atom is 0.391 e. The number of fused-ring (bicyclic) bond motifs is 1. The third-order valence-corrected chi connectivity index (χ3v) is 10.8. The van der Waals surface area contributed by atoms with Crippen LogP contribution in [0.3, 0.4) is 0 Å². The minimum atomic E-state index is -4.62. The summed E-state index contributed by atoms with van der Waals surface area (Å²) in [4.78, 5) is 9.47. The fourth-order valence-electron chi connectivity index (χ4n) is 6.51. The second kappa shape index (κ2) is 13.3. The quantitative estimate of drug-likeness (QED) is 0.180. The Hall–Kier alpha value is -4.30. The molecule has 0 spiro atoms. The van der Waals surface area contributed by atoms with Crippen LogP contribution in [0.1, 0.15) is 53.6 Å². The van der Waals surface area contributed by atoms with Gasteiger partial charge in [0.2, 0.25) is 5.95 Å². The van der Waals surface area contributed by atoms with Gasteiger partial charge in [-0.2, -0.15) is 13.2 Å². The normalized spacial score (nSPS) is 20.1. The summed E-state index contributed by atoms with van der Waals surface area (Å²) in [7, 11) is -3.11. The van der Waals surface area contributed by atoms with Gasteiger partial charge in [0.15, 0.2) is 0 Å². The number of methoxy groups -OCH3 is 1. The van der Waals surface area contributed by atoms with Gasteiger partial charge in [-0.1, -0.05) is 18.2 Å². The zero-order valence-corrected chi connectivity index (χ0v) is 26.9. The van der Waals surface area contributed by atoms with Gasteiger partial charge in [0.05, 0.1) is 26.2 Å². The van der Waals surface area contributed by atoms with E-state index in [-0.39, 0.29) is 44.2 Å². The number of likely N-dealkylation sites (tertiary alicyclic amines) is 1. The molecule has 0 N–H and O–H groups in total. The van der Waals surface area contributed by atoms with Gasteiger partial charge in [0, 0.05) is 42.5 Å². The number of benzene rings is 3. The number of rotatable bonds is 8. The predicted molar refractivity (Wildman–Crippen MR) is 167 cm³/mol. The van der Waals surface area contributed by atoms with Crippen LogP contribution in [-0.2, 0) is 16.6 Å². The van der Waals surface area contributed by atoms with Gasteiger partial charge in [-0.3, -0.25) is 4.90 Å². The lowest BCUT2D eigenvalue weighted by atomic mass is 9.84. The number of anilines is 1. The highest BCUT2D eigenvalue weighted by molar-refractivity contribution is 7.92. The van der Waals surface area contributed by atoms with E-state index in [2.05, 4.69) is 9.97 Å². The summed E-state index contributed by atoms with van der Waals surface area (Å²) >= 11 is 0. The molecule has 3 heterocycles. The molecule has 48 heavy (non-hydrogen) atoms. The Labute approximate surface area is 275 Å². The van der Waals surface area contributed by atoms with Crippen molar-refractivity contribution in [3.05, 3.63) is 107 Å². The van der Waals surface area contributed by atoms with Crippen LogP contribution >= 0.6 is 0 Å². The van der Waals surface area contributed by atoms with Gasteiger partial charge in [-0.15, -0.1) is 0 Å². The van der Waals surface area contributed by atoms with Crippen molar-refractivity contribution in [1.29, 1.82) is 0 Å². The van der Waals surface area contributed by atoms with Crippen molar-refractivity contribution in [2.24, 2.45) is 5.92 Å². The van der Waals surface area contributed by atoms with E-state index in [1.54, 1.807) is 25.1 Å². The summed E-state index contributed by atoms with van der Waals surface area (Å²) < 4.78 is 112. The number of hydrogen-bond acceptors (Lipinski definition) is 7. The number of alkyl halides is 3. The maximum absolute atomic E-state index is 16.2. The van der Waals surface area contributed by atoms with Crippen LogP contribution in [0.25, 0.3) is 0 Å². The Balaban J connectivity index is 1.38. The molecule has 4 aromatic rings. The van der Waals surface area contributed by atoms with Crippen LogP contribution in [0, 0.1) is 24.5 Å². The lowest BCUT2D eigenvalue weighted by Gasteiger charge is -2.46. The van der Waals surface area contributed by atoms with Crippen molar-refractivity contribution in [3.8, 4) is 11.5 Å². The summed E-state index contributed by atoms with van der Waals surface area (Å²) in [6, 6.07) is 12.9. The Kier molecular flexibility index (Phi) is 9.31. The molecular weight excluding hydrogens is 655 g/mol. The Morgan fingerprint density at radius 1 is 1.00 bits per heavy atom. The minimum Gasteiger partial charge on any atom is -0.497 e. The third-order valence-electron chi connectivity index (χ3n) is 9.04. The van der Waals surface area contributed by atoms with E-state index in [9.17, 15) is 26.0 Å². The van der Waals surface area contributed by atoms with Crippen LogP contribution in [0.4, 0.5) is 27.9 Å². The number of nitrogens with zero attached hydrogens (tertiary/aromatic N) is 4. The lowest BCUT2D eigenvalue weighted by Crippen LogP contribution is -2.44. The zero-order valence-electron chi connectivity index (χ0n) is 26.1. The molecule has 0 unspecified atom stereocenters. The highest BCUT2D eigenvalue weighted by Crippen LogP contribution is 2.48. The smallest absolute Gasteiger partial charge is 0.391 e. The van der Waals surface area contributed by atoms with Crippen LogP contribution in [0.2, 0.25) is 0 Å². The van der Waals surface area contributed by atoms with Gasteiger partial charge in [0.1, 0.15) is 28.0 Å². The average Bonchev–Trinajstić information content (AvgIpc) is 3.07. The number of ether oxygens (including phenoxy) is 2. The van der Waals surface area contributed by atoms with E-state index in [4.69, 9.17) is 9.47 Å². The monoisotopic (exact) mass is 688 g/mol. The summed E-state index contributed by atoms with van der Waals surface area (Å²) in [6.07, 6.45) is -1.75. The van der Waals surface area contributed by atoms with Crippen molar-refractivity contribution in [1.82, 2.24) is 14.9 Å². The zero-order chi connectivity index (χ0) is 34.2. The highest BCUT2D eigenvalue weighted by atomic mass is 32.2. The molecule has 0 aliphatic carbocycles. The Morgan fingerprint density at radius 3 is 2.40 bits per heavy atom. The molecule has 2 aliphatic heterocycles. The molecule has 8 nitrogen and oxygen atoms in total. The molecule has 2 aliphatic rings. The van der Waals surface area contributed by atoms with E-state index >= 15 is 4.39 Å². The van der Waals surface area contributed by atoms with E-state index in [0.717, 1.165) is 22.0 Å². The van der Waals surface area contributed by atoms with E-state index in [1.165, 1.54) is 49.8 Å². The van der Waals surface area contributed by atoms with E-state index in [1.807, 2.05) is 4.90 Å². The molecule has 6 rings (SSSR count). The second-order valence-corrected chi connectivity index (χ2v) is 13.7. The highest BCUT2D eigenvalue weighted by Gasteiger charge is 2.47. The van der Waals surface area contributed by atoms with E-state index < -0.39 is 50.7 Å². The number of sulfonamides is 1. The second-order valence-electron chi connectivity index (χ2n) is 11.9. The summed E-state index contributed by atoms with van der Waals surface area (Å²) in [5.74, 6) is -2.61. The molecule has 14 heteroatoms. The van der Waals surface area contributed by atoms with Crippen molar-refractivity contribution in [2.45, 2.75) is 55.9 Å². The van der Waals surface area contributed by atoms with Crippen LogP contribution in [-0.4, -0.2) is 49.7 Å². The molecule has 254 valence electrons. The van der Waals surface area contributed by atoms with Gasteiger partial charge in [-0.25, -0.2) is 31.5 Å². The Morgan fingerprint density at radius 2 is 1.73 bits per heavy atom. The minimum absolute atomic E-state index is 0.0400. The van der Waals surface area contributed by atoms with E-state index in [0.29, 0.717) is 28.9 Å². The van der Waals surface area contributed by atoms with Crippen LogP contribution < -0.4 is 13.8 Å². The molecule has 1 saturated heterocycles.